The molecule has 2 rings (SSSR count). The second-order valence-corrected chi connectivity index (χ2v) is 4.65. The van der Waals surface area contributed by atoms with Crippen LogP contribution < -0.4 is 10.1 Å². The van der Waals surface area contributed by atoms with Crippen LogP contribution in [-0.4, -0.2) is 60.4 Å². The number of nitrogens with zero attached hydrogens (tertiary/aromatic N) is 2. The molecule has 1 saturated heterocycles. The summed E-state index contributed by atoms with van der Waals surface area (Å²) in [5, 5.41) is 13.2. The number of hydrogen-bond donors (Lipinski definition) is 2. The van der Waals surface area contributed by atoms with Gasteiger partial charge in [0.15, 0.2) is 0 Å². The molecular formula is C13H21N3O2. The van der Waals surface area contributed by atoms with Gasteiger partial charge in [-0.15, -0.1) is 0 Å². The van der Waals surface area contributed by atoms with Crippen molar-refractivity contribution in [2.75, 3.05) is 39.3 Å². The number of piperazine rings is 1. The van der Waals surface area contributed by atoms with Crippen LogP contribution in [0.15, 0.2) is 18.3 Å². The van der Waals surface area contributed by atoms with Gasteiger partial charge in [-0.05, 0) is 19.1 Å². The van der Waals surface area contributed by atoms with E-state index in [1.165, 1.54) is 0 Å². The van der Waals surface area contributed by atoms with Crippen LogP contribution in [-0.2, 0) is 0 Å². The van der Waals surface area contributed by atoms with Crippen molar-refractivity contribution in [3.8, 4) is 5.75 Å². The fraction of sp³-hybridized carbons (Fsp3) is 0.615. The van der Waals surface area contributed by atoms with Gasteiger partial charge in [0.2, 0.25) is 0 Å². The lowest BCUT2D eigenvalue weighted by atomic mass is 10.3. The standard InChI is InChI=1S/C13H21N3O2/c1-11-2-3-13(8-15-11)18-10-12(17)9-16-6-4-14-5-7-16/h2-3,8,12,14,17H,4-7,9-10H2,1H3. The number of hydrogen-bond acceptors (Lipinski definition) is 5. The van der Waals surface area contributed by atoms with Crippen molar-refractivity contribution in [2.45, 2.75) is 13.0 Å². The maximum Gasteiger partial charge on any atom is 0.137 e. The lowest BCUT2D eigenvalue weighted by Crippen LogP contribution is -2.47. The van der Waals surface area contributed by atoms with E-state index in [0.29, 0.717) is 18.9 Å². The molecule has 2 N–H and O–H groups in total. The largest absolute Gasteiger partial charge is 0.489 e. The summed E-state index contributed by atoms with van der Waals surface area (Å²) < 4.78 is 5.51. The first-order valence-corrected chi connectivity index (χ1v) is 6.40. The highest BCUT2D eigenvalue weighted by molar-refractivity contribution is 5.19. The molecule has 0 spiro atoms. The number of pyridine rings is 1. The van der Waals surface area contributed by atoms with Crippen LogP contribution in [0.5, 0.6) is 5.75 Å². The molecule has 1 aliphatic rings. The highest BCUT2D eigenvalue weighted by Gasteiger charge is 2.14. The summed E-state index contributed by atoms with van der Waals surface area (Å²) in [5.41, 5.74) is 0.962. The van der Waals surface area contributed by atoms with Gasteiger partial charge in [0.1, 0.15) is 18.5 Å². The van der Waals surface area contributed by atoms with Crippen molar-refractivity contribution >= 4 is 0 Å². The van der Waals surface area contributed by atoms with E-state index >= 15 is 0 Å². The predicted octanol–water partition coefficient (Wildman–Crippen LogP) is 0.0349. The number of aliphatic hydroxyl groups excluding tert-OH is 1. The molecular weight excluding hydrogens is 230 g/mol. The second-order valence-electron chi connectivity index (χ2n) is 4.65. The minimum absolute atomic E-state index is 0.314. The zero-order chi connectivity index (χ0) is 12.8. The van der Waals surface area contributed by atoms with Gasteiger partial charge >= 0.3 is 0 Å². The highest BCUT2D eigenvalue weighted by Crippen LogP contribution is 2.09. The van der Waals surface area contributed by atoms with Crippen LogP contribution in [0.3, 0.4) is 0 Å². The molecule has 5 nitrogen and oxygen atoms in total. The van der Waals surface area contributed by atoms with Crippen LogP contribution in [0, 0.1) is 6.92 Å². The molecule has 1 fully saturated rings. The van der Waals surface area contributed by atoms with E-state index in [4.69, 9.17) is 4.74 Å². The Morgan fingerprint density at radius 1 is 1.44 bits per heavy atom. The van der Waals surface area contributed by atoms with Gasteiger partial charge in [0.25, 0.3) is 0 Å². The third kappa shape index (κ3) is 4.25. The molecule has 0 amide bonds. The third-order valence-corrected chi connectivity index (χ3v) is 3.01. The molecule has 0 bridgehead atoms. The monoisotopic (exact) mass is 251 g/mol. The van der Waals surface area contributed by atoms with Crippen LogP contribution in [0.2, 0.25) is 0 Å². The number of aryl methyl sites for hydroxylation is 1. The maximum atomic E-state index is 9.91. The van der Waals surface area contributed by atoms with Crippen LogP contribution in [0.4, 0.5) is 0 Å². The summed E-state index contributed by atoms with van der Waals surface area (Å²) in [7, 11) is 0. The van der Waals surface area contributed by atoms with Crippen molar-refractivity contribution < 1.29 is 9.84 Å². The van der Waals surface area contributed by atoms with Crippen LogP contribution >= 0.6 is 0 Å². The van der Waals surface area contributed by atoms with Gasteiger partial charge in [-0.1, -0.05) is 0 Å². The molecule has 0 saturated carbocycles. The summed E-state index contributed by atoms with van der Waals surface area (Å²) >= 11 is 0. The van der Waals surface area contributed by atoms with Gasteiger partial charge in [-0.25, -0.2) is 0 Å². The Bertz CT molecular complexity index is 350. The van der Waals surface area contributed by atoms with Gasteiger partial charge in [0.05, 0.1) is 6.20 Å². The van der Waals surface area contributed by atoms with E-state index in [1.807, 2.05) is 19.1 Å². The smallest absolute Gasteiger partial charge is 0.137 e. The number of rotatable bonds is 5. The minimum atomic E-state index is -0.454. The Hall–Kier alpha value is -1.17. The van der Waals surface area contributed by atoms with Crippen LogP contribution in [0.25, 0.3) is 0 Å². The van der Waals surface area contributed by atoms with Crippen molar-refractivity contribution in [2.24, 2.45) is 0 Å². The molecule has 5 heteroatoms. The first-order chi connectivity index (χ1) is 8.74. The lowest BCUT2D eigenvalue weighted by Gasteiger charge is -2.28. The topological polar surface area (TPSA) is 57.6 Å². The quantitative estimate of drug-likeness (QED) is 0.773. The summed E-state index contributed by atoms with van der Waals surface area (Å²) in [6.07, 6.45) is 1.23. The first-order valence-electron chi connectivity index (χ1n) is 6.40. The lowest BCUT2D eigenvalue weighted by molar-refractivity contribution is 0.0640. The number of β-amino-alcohol motifs (C(OH)–C–C–N with tert-alkyl or cyclic N) is 1. The van der Waals surface area contributed by atoms with Crippen LogP contribution in [0.1, 0.15) is 5.69 Å². The predicted molar refractivity (Wildman–Crippen MR) is 69.8 cm³/mol. The SMILES string of the molecule is Cc1ccc(OCC(O)CN2CCNCC2)cn1. The minimum Gasteiger partial charge on any atom is -0.489 e. The average Bonchev–Trinajstić information content (AvgIpc) is 2.39. The number of aromatic nitrogens is 1. The summed E-state index contributed by atoms with van der Waals surface area (Å²) in [4.78, 5) is 6.40. The Labute approximate surface area is 108 Å². The summed E-state index contributed by atoms with van der Waals surface area (Å²) in [5.74, 6) is 0.708. The van der Waals surface area contributed by atoms with E-state index in [0.717, 1.165) is 31.9 Å². The van der Waals surface area contributed by atoms with Gasteiger partial charge in [0, 0.05) is 38.4 Å². The summed E-state index contributed by atoms with van der Waals surface area (Å²) in [6, 6.07) is 3.78. The normalized spacial score (nSPS) is 18.6. The Kier molecular flexibility index (Phi) is 4.92. The van der Waals surface area contributed by atoms with Crippen molar-refractivity contribution in [3.63, 3.8) is 0 Å². The zero-order valence-corrected chi connectivity index (χ0v) is 10.8. The number of aliphatic hydroxyl groups is 1. The molecule has 0 aromatic carbocycles. The number of ether oxygens (including phenoxy) is 1. The van der Waals surface area contributed by atoms with E-state index < -0.39 is 6.10 Å². The fourth-order valence-electron chi connectivity index (χ4n) is 1.98. The second kappa shape index (κ2) is 6.68. The average molecular weight is 251 g/mol. The van der Waals surface area contributed by atoms with E-state index in [9.17, 15) is 5.11 Å². The molecule has 1 unspecified atom stereocenters. The van der Waals surface area contributed by atoms with E-state index in [2.05, 4.69) is 15.2 Å². The van der Waals surface area contributed by atoms with Crippen molar-refractivity contribution in [1.29, 1.82) is 0 Å². The Morgan fingerprint density at radius 2 is 2.22 bits per heavy atom. The molecule has 1 aromatic heterocycles. The molecule has 18 heavy (non-hydrogen) atoms. The molecule has 0 aliphatic carbocycles. The third-order valence-electron chi connectivity index (χ3n) is 3.01. The Balaban J connectivity index is 1.70. The van der Waals surface area contributed by atoms with Crippen molar-refractivity contribution in [3.05, 3.63) is 24.0 Å². The maximum absolute atomic E-state index is 9.91. The molecule has 1 aromatic rings. The molecule has 2 heterocycles. The van der Waals surface area contributed by atoms with Gasteiger partial charge < -0.3 is 15.2 Å². The van der Waals surface area contributed by atoms with Crippen molar-refractivity contribution in [1.82, 2.24) is 15.2 Å². The van der Waals surface area contributed by atoms with E-state index in [1.54, 1.807) is 6.20 Å². The van der Waals surface area contributed by atoms with Gasteiger partial charge in [-0.2, -0.15) is 0 Å². The Morgan fingerprint density at radius 3 is 2.89 bits per heavy atom. The molecule has 1 aliphatic heterocycles. The first kappa shape index (κ1) is 13.3. The molecule has 100 valence electrons. The fourth-order valence-corrected chi connectivity index (χ4v) is 1.98. The van der Waals surface area contributed by atoms with E-state index in [-0.39, 0.29) is 0 Å². The number of nitrogens with one attached hydrogen (secondary N) is 1. The zero-order valence-electron chi connectivity index (χ0n) is 10.8. The highest BCUT2D eigenvalue weighted by atomic mass is 16.5. The van der Waals surface area contributed by atoms with Gasteiger partial charge in [-0.3, -0.25) is 9.88 Å². The molecule has 0 radical (unpaired) electrons. The molecule has 1 atom stereocenters. The summed E-state index contributed by atoms with van der Waals surface area (Å²) in [6.45, 7) is 6.88.